The summed E-state index contributed by atoms with van der Waals surface area (Å²) in [5.74, 6) is 0.793. The van der Waals surface area contributed by atoms with Gasteiger partial charge in [0.2, 0.25) is 5.91 Å². The first kappa shape index (κ1) is 23.7. The number of hydrogen-bond donors (Lipinski definition) is 1. The first-order valence-electron chi connectivity index (χ1n) is 11.2. The minimum Gasteiger partial charge on any atom is -0.353 e. The number of ether oxygens (including phenoxy) is 1. The molecule has 2 aliphatic rings. The second kappa shape index (κ2) is 11.1. The van der Waals surface area contributed by atoms with Crippen molar-refractivity contribution in [3.63, 3.8) is 0 Å². The topological polar surface area (TPSA) is 67.4 Å². The lowest BCUT2D eigenvalue weighted by Crippen LogP contribution is -2.39. The molecule has 3 heterocycles. The van der Waals surface area contributed by atoms with Gasteiger partial charge in [-0.15, -0.1) is 22.7 Å². The molecular weight excluding hydrogens is 454 g/mol. The minimum atomic E-state index is -2.75. The second-order valence-electron chi connectivity index (χ2n) is 8.67. The summed E-state index contributed by atoms with van der Waals surface area (Å²) in [6, 6.07) is 0.286. The molecule has 0 radical (unpaired) electrons. The van der Waals surface area contributed by atoms with Crippen LogP contribution in [-0.4, -0.2) is 46.5 Å². The van der Waals surface area contributed by atoms with E-state index in [9.17, 15) is 13.6 Å². The second-order valence-corrected chi connectivity index (χ2v) is 11.2. The highest BCUT2D eigenvalue weighted by Crippen LogP contribution is 2.29. The number of halogens is 2. The quantitative estimate of drug-likeness (QED) is 0.574. The van der Waals surface area contributed by atoms with Crippen molar-refractivity contribution in [2.45, 2.75) is 77.7 Å². The van der Waals surface area contributed by atoms with Crippen molar-refractivity contribution < 1.29 is 18.3 Å². The summed E-state index contributed by atoms with van der Waals surface area (Å²) in [5.41, 5.74) is 1.02. The van der Waals surface area contributed by atoms with E-state index in [0.29, 0.717) is 17.3 Å². The molecule has 0 unspecified atom stereocenters. The maximum Gasteiger partial charge on any atom is 0.345 e. The van der Waals surface area contributed by atoms with Gasteiger partial charge in [-0.3, -0.25) is 9.69 Å². The molecule has 6 nitrogen and oxygen atoms in total. The van der Waals surface area contributed by atoms with Crippen LogP contribution in [0.15, 0.2) is 6.20 Å². The van der Waals surface area contributed by atoms with Crippen molar-refractivity contribution in [3.8, 4) is 0 Å². The van der Waals surface area contributed by atoms with E-state index < -0.39 is 6.61 Å². The summed E-state index contributed by atoms with van der Waals surface area (Å²) in [7, 11) is 0. The first-order chi connectivity index (χ1) is 15.4. The highest BCUT2D eigenvalue weighted by molar-refractivity contribution is 7.12. The number of alkyl halides is 2. The molecule has 4 rings (SSSR count). The molecular formula is C22H30F2N4O2S2. The number of amides is 1. The highest BCUT2D eigenvalue weighted by Gasteiger charge is 2.25. The lowest BCUT2D eigenvalue weighted by atomic mass is 9.84. The molecule has 0 aromatic carbocycles. The SMILES string of the molecule is Cc1ncc(CC(=O)N[C@H]2CC[C@H](CCN3CCc4sc(COC(F)F)nc4C3)CC2)s1. The molecule has 1 aliphatic carbocycles. The van der Waals surface area contributed by atoms with Crippen molar-refractivity contribution >= 4 is 28.6 Å². The zero-order valence-corrected chi connectivity index (χ0v) is 20.0. The monoisotopic (exact) mass is 484 g/mol. The lowest BCUT2D eigenvalue weighted by molar-refractivity contribution is -0.137. The number of nitrogens with one attached hydrogen (secondary N) is 1. The minimum absolute atomic E-state index is 0.0998. The number of hydrogen-bond acceptors (Lipinski definition) is 7. The zero-order valence-electron chi connectivity index (χ0n) is 18.3. The Morgan fingerprint density at radius 2 is 2.12 bits per heavy atom. The Kier molecular flexibility index (Phi) is 8.20. The third-order valence-electron chi connectivity index (χ3n) is 6.25. The molecule has 0 atom stereocenters. The number of fused-ring (bicyclic) bond motifs is 1. The zero-order chi connectivity index (χ0) is 22.5. The number of aryl methyl sites for hydroxylation is 1. The van der Waals surface area contributed by atoms with Gasteiger partial charge in [0.05, 0.1) is 17.1 Å². The largest absolute Gasteiger partial charge is 0.353 e. The summed E-state index contributed by atoms with van der Waals surface area (Å²) in [6.45, 7) is 1.91. The molecule has 0 bridgehead atoms. The van der Waals surface area contributed by atoms with Crippen LogP contribution in [0.4, 0.5) is 8.78 Å². The summed E-state index contributed by atoms with van der Waals surface area (Å²) in [5, 5.41) is 4.83. The van der Waals surface area contributed by atoms with E-state index in [1.165, 1.54) is 16.2 Å². The van der Waals surface area contributed by atoms with Crippen LogP contribution in [0.1, 0.15) is 57.6 Å². The van der Waals surface area contributed by atoms with E-state index in [1.807, 2.05) is 6.92 Å². The molecule has 176 valence electrons. The maximum absolute atomic E-state index is 12.3. The van der Waals surface area contributed by atoms with Gasteiger partial charge in [-0.25, -0.2) is 9.97 Å². The Labute approximate surface area is 195 Å². The molecule has 1 amide bonds. The molecule has 1 N–H and O–H groups in total. The van der Waals surface area contributed by atoms with Crippen LogP contribution in [-0.2, 0) is 35.5 Å². The Hall–Kier alpha value is -1.49. The van der Waals surface area contributed by atoms with Crippen molar-refractivity contribution in [1.29, 1.82) is 0 Å². The van der Waals surface area contributed by atoms with Gasteiger partial charge in [0.1, 0.15) is 11.6 Å². The van der Waals surface area contributed by atoms with E-state index >= 15 is 0 Å². The smallest absolute Gasteiger partial charge is 0.345 e. The number of thiazole rings is 2. The number of nitrogens with zero attached hydrogens (tertiary/aromatic N) is 3. The van der Waals surface area contributed by atoms with Crippen LogP contribution in [0, 0.1) is 12.8 Å². The van der Waals surface area contributed by atoms with Crippen LogP contribution in [0.5, 0.6) is 0 Å². The maximum atomic E-state index is 12.3. The van der Waals surface area contributed by atoms with Gasteiger partial charge >= 0.3 is 6.61 Å². The summed E-state index contributed by atoms with van der Waals surface area (Å²) >= 11 is 3.08. The van der Waals surface area contributed by atoms with Crippen molar-refractivity contribution in [1.82, 2.24) is 20.2 Å². The van der Waals surface area contributed by atoms with Crippen LogP contribution in [0.2, 0.25) is 0 Å². The van der Waals surface area contributed by atoms with Crippen molar-refractivity contribution in [2.24, 2.45) is 5.92 Å². The van der Waals surface area contributed by atoms with Gasteiger partial charge < -0.3 is 10.1 Å². The Morgan fingerprint density at radius 1 is 1.31 bits per heavy atom. The van der Waals surface area contributed by atoms with Crippen LogP contribution in [0.25, 0.3) is 0 Å². The number of carbonyl (C=O) groups excluding carboxylic acids is 1. The van der Waals surface area contributed by atoms with Crippen LogP contribution >= 0.6 is 22.7 Å². The van der Waals surface area contributed by atoms with Crippen LogP contribution < -0.4 is 5.32 Å². The Balaban J connectivity index is 1.14. The summed E-state index contributed by atoms with van der Waals surface area (Å²) in [6.07, 6.45) is 8.69. The normalized spacial score (nSPS) is 21.6. The number of rotatable bonds is 9. The summed E-state index contributed by atoms with van der Waals surface area (Å²) in [4.78, 5) is 25.7. The Bertz CT molecular complexity index is 896. The fourth-order valence-corrected chi connectivity index (χ4v) is 6.36. The molecule has 1 saturated carbocycles. The third kappa shape index (κ3) is 6.76. The van der Waals surface area contributed by atoms with Gasteiger partial charge in [0.25, 0.3) is 0 Å². The van der Waals surface area contributed by atoms with Crippen LogP contribution in [0.3, 0.4) is 0 Å². The molecule has 1 aliphatic heterocycles. The fraction of sp³-hybridized carbons (Fsp3) is 0.682. The molecule has 0 spiro atoms. The third-order valence-corrected chi connectivity index (χ3v) is 8.30. The molecule has 2 aromatic heterocycles. The van der Waals surface area contributed by atoms with E-state index in [-0.39, 0.29) is 18.6 Å². The van der Waals surface area contributed by atoms with Gasteiger partial charge in [0, 0.05) is 35.1 Å². The van der Waals surface area contributed by atoms with E-state index in [0.717, 1.165) is 73.7 Å². The molecule has 2 aromatic rings. The number of aromatic nitrogens is 2. The molecule has 1 fully saturated rings. The highest BCUT2D eigenvalue weighted by atomic mass is 32.1. The van der Waals surface area contributed by atoms with Crippen molar-refractivity contribution in [2.75, 3.05) is 13.1 Å². The van der Waals surface area contributed by atoms with Gasteiger partial charge in [-0.2, -0.15) is 8.78 Å². The number of carbonyl (C=O) groups is 1. The predicted octanol–water partition coefficient (Wildman–Crippen LogP) is 4.31. The average Bonchev–Trinajstić information content (AvgIpc) is 3.36. The van der Waals surface area contributed by atoms with E-state index in [2.05, 4.69) is 24.9 Å². The van der Waals surface area contributed by atoms with Gasteiger partial charge in [-0.05, 0) is 57.9 Å². The molecule has 0 saturated heterocycles. The molecule has 32 heavy (non-hydrogen) atoms. The van der Waals surface area contributed by atoms with Gasteiger partial charge in [0.15, 0.2) is 0 Å². The van der Waals surface area contributed by atoms with Crippen molar-refractivity contribution in [3.05, 3.63) is 31.7 Å². The van der Waals surface area contributed by atoms with Gasteiger partial charge in [-0.1, -0.05) is 0 Å². The lowest BCUT2D eigenvalue weighted by Gasteiger charge is -2.32. The fourth-order valence-electron chi connectivity index (χ4n) is 4.58. The Morgan fingerprint density at radius 3 is 2.84 bits per heavy atom. The average molecular weight is 485 g/mol. The predicted molar refractivity (Wildman–Crippen MR) is 121 cm³/mol. The van der Waals surface area contributed by atoms with E-state index in [1.54, 1.807) is 17.5 Å². The standard InChI is InChI=1S/C22H30F2N4O2S2/c1-14-25-11-17(31-14)10-20(29)26-16-4-2-15(3-5-16)6-8-28-9-7-19-18(12-28)27-21(32-19)13-30-22(23)24/h11,15-16,22H,2-10,12-13H2,1H3,(H,26,29)/t15-,16-. The first-order valence-corrected chi connectivity index (χ1v) is 12.9. The van der Waals surface area contributed by atoms with E-state index in [4.69, 9.17) is 0 Å². The summed E-state index contributed by atoms with van der Waals surface area (Å²) < 4.78 is 28.9. The molecule has 10 heteroatoms.